The fraction of sp³-hybridized carbons (Fsp3) is 0.273. The third kappa shape index (κ3) is 2.39. The highest BCUT2D eigenvalue weighted by Gasteiger charge is 2.11. The monoisotopic (exact) mass is 255 g/mol. The molecule has 0 radical (unpaired) electrons. The van der Waals surface area contributed by atoms with Crippen molar-refractivity contribution in [1.29, 1.82) is 0 Å². The third-order valence-electron chi connectivity index (χ3n) is 2.41. The highest BCUT2D eigenvalue weighted by Crippen LogP contribution is 2.18. The van der Waals surface area contributed by atoms with E-state index in [0.717, 1.165) is 6.07 Å². The van der Waals surface area contributed by atoms with Gasteiger partial charge in [0.25, 0.3) is 0 Å². The van der Waals surface area contributed by atoms with Crippen LogP contribution in [0, 0.1) is 11.6 Å². The number of methoxy groups -OCH3 is 1. The SMILES string of the molecule is COC(=O)NCCc1nc2c(F)c(F)ccc2[nH]1. The first-order chi connectivity index (χ1) is 8.61. The second-order valence-corrected chi connectivity index (χ2v) is 3.61. The average molecular weight is 255 g/mol. The number of fused-ring (bicyclic) bond motifs is 1. The highest BCUT2D eigenvalue weighted by atomic mass is 19.2. The first kappa shape index (κ1) is 12.3. The number of aromatic amines is 1. The summed E-state index contributed by atoms with van der Waals surface area (Å²) in [6, 6.07) is 2.45. The van der Waals surface area contributed by atoms with Crippen molar-refractivity contribution in [2.75, 3.05) is 13.7 Å². The molecule has 0 fully saturated rings. The van der Waals surface area contributed by atoms with Crippen LogP contribution in [-0.4, -0.2) is 29.7 Å². The smallest absolute Gasteiger partial charge is 0.406 e. The quantitative estimate of drug-likeness (QED) is 0.877. The molecule has 96 valence electrons. The Morgan fingerprint density at radius 2 is 2.28 bits per heavy atom. The van der Waals surface area contributed by atoms with E-state index in [2.05, 4.69) is 20.0 Å². The van der Waals surface area contributed by atoms with Crippen LogP contribution < -0.4 is 5.32 Å². The topological polar surface area (TPSA) is 67.0 Å². The van der Waals surface area contributed by atoms with Crippen molar-refractivity contribution in [3.8, 4) is 0 Å². The van der Waals surface area contributed by atoms with E-state index in [-0.39, 0.29) is 12.1 Å². The van der Waals surface area contributed by atoms with Crippen molar-refractivity contribution in [2.45, 2.75) is 6.42 Å². The summed E-state index contributed by atoms with van der Waals surface area (Å²) in [4.78, 5) is 17.6. The van der Waals surface area contributed by atoms with Crippen LogP contribution in [0.15, 0.2) is 12.1 Å². The minimum atomic E-state index is -0.976. The molecule has 2 rings (SSSR count). The van der Waals surface area contributed by atoms with E-state index in [1.54, 1.807) is 0 Å². The van der Waals surface area contributed by atoms with Crippen LogP contribution >= 0.6 is 0 Å². The Hall–Kier alpha value is -2.18. The zero-order valence-corrected chi connectivity index (χ0v) is 9.59. The highest BCUT2D eigenvalue weighted by molar-refractivity contribution is 5.75. The Morgan fingerprint density at radius 3 is 3.00 bits per heavy atom. The van der Waals surface area contributed by atoms with Crippen LogP contribution in [0.2, 0.25) is 0 Å². The second kappa shape index (κ2) is 4.99. The number of H-pyrrole nitrogens is 1. The van der Waals surface area contributed by atoms with Gasteiger partial charge in [0.1, 0.15) is 11.3 Å². The summed E-state index contributed by atoms with van der Waals surface area (Å²) in [5.41, 5.74) is 0.380. The zero-order valence-electron chi connectivity index (χ0n) is 9.59. The average Bonchev–Trinajstić information content (AvgIpc) is 2.77. The lowest BCUT2D eigenvalue weighted by Crippen LogP contribution is -2.25. The molecule has 0 unspecified atom stereocenters. The number of carbonyl (C=O) groups excluding carboxylic acids is 1. The molecule has 0 saturated heterocycles. The van der Waals surface area contributed by atoms with Crippen molar-refractivity contribution >= 4 is 17.1 Å². The lowest BCUT2D eigenvalue weighted by Gasteiger charge is -2.00. The number of hydrogen-bond acceptors (Lipinski definition) is 3. The first-order valence-corrected chi connectivity index (χ1v) is 5.26. The van der Waals surface area contributed by atoms with E-state index in [9.17, 15) is 13.6 Å². The molecular formula is C11H11F2N3O2. The van der Waals surface area contributed by atoms with E-state index in [0.29, 0.717) is 17.8 Å². The van der Waals surface area contributed by atoms with Gasteiger partial charge in [-0.1, -0.05) is 0 Å². The molecule has 1 heterocycles. The molecule has 1 aromatic carbocycles. The number of alkyl carbamates (subject to hydrolysis) is 1. The molecule has 2 aromatic rings. The first-order valence-electron chi connectivity index (χ1n) is 5.26. The molecule has 7 heteroatoms. The molecule has 1 amide bonds. The van der Waals surface area contributed by atoms with Crippen LogP contribution in [0.1, 0.15) is 5.82 Å². The number of nitrogens with zero attached hydrogens (tertiary/aromatic N) is 1. The maximum Gasteiger partial charge on any atom is 0.406 e. The maximum atomic E-state index is 13.4. The van der Waals surface area contributed by atoms with Gasteiger partial charge in [0, 0.05) is 13.0 Å². The van der Waals surface area contributed by atoms with Gasteiger partial charge in [-0.25, -0.2) is 18.6 Å². The molecule has 0 spiro atoms. The number of carbonyl (C=O) groups is 1. The van der Waals surface area contributed by atoms with Gasteiger partial charge >= 0.3 is 6.09 Å². The van der Waals surface area contributed by atoms with Gasteiger partial charge in [0.15, 0.2) is 11.6 Å². The Labute approximate surface area is 101 Å². The third-order valence-corrected chi connectivity index (χ3v) is 2.41. The van der Waals surface area contributed by atoms with Crippen molar-refractivity contribution in [1.82, 2.24) is 15.3 Å². The summed E-state index contributed by atoms with van der Waals surface area (Å²) in [7, 11) is 1.26. The van der Waals surface area contributed by atoms with E-state index in [1.165, 1.54) is 13.2 Å². The largest absolute Gasteiger partial charge is 0.453 e. The van der Waals surface area contributed by atoms with E-state index in [1.807, 2.05) is 0 Å². The van der Waals surface area contributed by atoms with Crippen LogP contribution in [0.4, 0.5) is 13.6 Å². The molecule has 0 aliphatic rings. The van der Waals surface area contributed by atoms with Gasteiger partial charge < -0.3 is 15.0 Å². The van der Waals surface area contributed by atoms with Gasteiger partial charge in [-0.15, -0.1) is 0 Å². The minimum absolute atomic E-state index is 0.0388. The lowest BCUT2D eigenvalue weighted by molar-refractivity contribution is 0.171. The second-order valence-electron chi connectivity index (χ2n) is 3.61. The van der Waals surface area contributed by atoms with Gasteiger partial charge in [-0.3, -0.25) is 0 Å². The Morgan fingerprint density at radius 1 is 1.50 bits per heavy atom. The van der Waals surface area contributed by atoms with Gasteiger partial charge in [-0.05, 0) is 12.1 Å². The predicted octanol–water partition coefficient (Wildman–Crippen LogP) is 1.74. The number of rotatable bonds is 3. The summed E-state index contributed by atoms with van der Waals surface area (Å²) in [5, 5.41) is 2.46. The van der Waals surface area contributed by atoms with Crippen LogP contribution in [-0.2, 0) is 11.2 Å². The number of imidazole rings is 1. The van der Waals surface area contributed by atoms with Gasteiger partial charge in [0.2, 0.25) is 0 Å². The Balaban J connectivity index is 2.11. The standard InChI is InChI=1S/C11H11F2N3O2/c1-18-11(17)14-5-4-8-15-7-3-2-6(12)9(13)10(7)16-8/h2-3H,4-5H2,1H3,(H,14,17)(H,15,16). The minimum Gasteiger partial charge on any atom is -0.453 e. The van der Waals surface area contributed by atoms with Crippen molar-refractivity contribution in [3.63, 3.8) is 0 Å². The molecule has 18 heavy (non-hydrogen) atoms. The predicted molar refractivity (Wildman–Crippen MR) is 60.1 cm³/mol. The zero-order chi connectivity index (χ0) is 13.1. The fourth-order valence-corrected chi connectivity index (χ4v) is 1.54. The molecular weight excluding hydrogens is 244 g/mol. The fourth-order valence-electron chi connectivity index (χ4n) is 1.54. The van der Waals surface area contributed by atoms with Crippen LogP contribution in [0.3, 0.4) is 0 Å². The number of hydrogen-bond donors (Lipinski definition) is 2. The van der Waals surface area contributed by atoms with Crippen molar-refractivity contribution in [3.05, 3.63) is 29.6 Å². The Bertz CT molecular complexity index is 583. The lowest BCUT2D eigenvalue weighted by atomic mass is 10.3. The summed E-state index contributed by atoms with van der Waals surface area (Å²) < 4.78 is 30.7. The number of nitrogens with one attached hydrogen (secondary N) is 2. The van der Waals surface area contributed by atoms with Crippen LogP contribution in [0.5, 0.6) is 0 Å². The summed E-state index contributed by atoms with van der Waals surface area (Å²) in [6.45, 7) is 0.288. The molecule has 2 N–H and O–H groups in total. The van der Waals surface area contributed by atoms with Crippen LogP contribution in [0.25, 0.3) is 11.0 Å². The number of halogens is 2. The maximum absolute atomic E-state index is 13.4. The molecule has 1 aromatic heterocycles. The molecule has 0 aliphatic heterocycles. The molecule has 5 nitrogen and oxygen atoms in total. The van der Waals surface area contributed by atoms with Crippen molar-refractivity contribution in [2.24, 2.45) is 0 Å². The number of benzene rings is 1. The summed E-state index contributed by atoms with van der Waals surface area (Å²) >= 11 is 0. The normalized spacial score (nSPS) is 10.6. The molecule has 0 atom stereocenters. The van der Waals surface area contributed by atoms with E-state index >= 15 is 0 Å². The number of aromatic nitrogens is 2. The number of ether oxygens (including phenoxy) is 1. The Kier molecular flexibility index (Phi) is 3.40. The molecule has 0 saturated carbocycles. The van der Waals surface area contributed by atoms with E-state index in [4.69, 9.17) is 0 Å². The van der Waals surface area contributed by atoms with Gasteiger partial charge in [0.05, 0.1) is 12.6 Å². The molecule has 0 bridgehead atoms. The van der Waals surface area contributed by atoms with E-state index < -0.39 is 17.7 Å². The van der Waals surface area contributed by atoms with Crippen molar-refractivity contribution < 1.29 is 18.3 Å². The summed E-state index contributed by atoms with van der Waals surface area (Å²) in [5.74, 6) is -1.45. The molecule has 0 aliphatic carbocycles. The van der Waals surface area contributed by atoms with Gasteiger partial charge in [-0.2, -0.15) is 0 Å². The number of amides is 1. The summed E-state index contributed by atoms with van der Waals surface area (Å²) in [6.07, 6.45) is -0.187.